The molecule has 0 bridgehead atoms. The van der Waals surface area contributed by atoms with E-state index in [9.17, 15) is 10.1 Å². The van der Waals surface area contributed by atoms with Gasteiger partial charge < -0.3 is 8.83 Å². The SMILES string of the molecule is CCc1oc2ccccc2c1/C=C(\C#N)C(=O)c1ccco1. The van der Waals surface area contributed by atoms with Crippen LogP contribution in [-0.2, 0) is 6.42 Å². The van der Waals surface area contributed by atoms with Crippen LogP contribution in [-0.4, -0.2) is 5.78 Å². The monoisotopic (exact) mass is 291 g/mol. The van der Waals surface area contributed by atoms with Crippen molar-refractivity contribution in [1.82, 2.24) is 0 Å². The van der Waals surface area contributed by atoms with E-state index < -0.39 is 5.78 Å². The van der Waals surface area contributed by atoms with Gasteiger partial charge in [-0.1, -0.05) is 25.1 Å². The Morgan fingerprint density at radius 2 is 2.09 bits per heavy atom. The Balaban J connectivity index is 2.14. The summed E-state index contributed by atoms with van der Waals surface area (Å²) in [5, 5.41) is 10.2. The molecule has 2 heterocycles. The quantitative estimate of drug-likeness (QED) is 0.406. The Labute approximate surface area is 127 Å². The van der Waals surface area contributed by atoms with Crippen molar-refractivity contribution < 1.29 is 13.6 Å². The fourth-order valence-electron chi connectivity index (χ4n) is 2.37. The lowest BCUT2D eigenvalue weighted by molar-refractivity contribution is 0.101. The molecule has 3 aromatic rings. The Morgan fingerprint density at radius 1 is 1.27 bits per heavy atom. The van der Waals surface area contributed by atoms with Crippen LogP contribution in [0.3, 0.4) is 0 Å². The Kier molecular flexibility index (Phi) is 3.63. The standard InChI is InChI=1S/C18H13NO3/c1-2-15-14(13-6-3-4-7-16(13)22-15)10-12(11-19)18(20)17-8-5-9-21-17/h3-10H,2H2,1H3/b12-10+. The first-order valence-electron chi connectivity index (χ1n) is 6.95. The zero-order chi connectivity index (χ0) is 15.5. The summed E-state index contributed by atoms with van der Waals surface area (Å²) in [6.07, 6.45) is 3.66. The van der Waals surface area contributed by atoms with Gasteiger partial charge in [-0.15, -0.1) is 0 Å². The molecule has 0 amide bonds. The number of ketones is 1. The van der Waals surface area contributed by atoms with Crippen LogP contribution in [0.15, 0.2) is 57.1 Å². The van der Waals surface area contributed by atoms with E-state index in [4.69, 9.17) is 8.83 Å². The Morgan fingerprint density at radius 3 is 2.77 bits per heavy atom. The highest BCUT2D eigenvalue weighted by Crippen LogP contribution is 2.28. The number of carbonyl (C=O) groups is 1. The average molecular weight is 291 g/mol. The molecule has 4 nitrogen and oxygen atoms in total. The number of fused-ring (bicyclic) bond motifs is 1. The summed E-state index contributed by atoms with van der Waals surface area (Å²) in [5.74, 6) is 0.472. The molecule has 0 aliphatic rings. The lowest BCUT2D eigenvalue weighted by atomic mass is 10.0. The number of aryl methyl sites for hydroxylation is 1. The highest BCUT2D eigenvalue weighted by molar-refractivity contribution is 6.13. The van der Waals surface area contributed by atoms with Gasteiger partial charge in [0.15, 0.2) is 5.76 Å². The normalized spacial score (nSPS) is 11.5. The number of hydrogen-bond donors (Lipinski definition) is 0. The second-order valence-corrected chi connectivity index (χ2v) is 4.76. The number of hydrogen-bond acceptors (Lipinski definition) is 4. The summed E-state index contributed by atoms with van der Waals surface area (Å²) in [6, 6.07) is 12.7. The van der Waals surface area contributed by atoms with E-state index in [0.717, 1.165) is 22.3 Å². The van der Waals surface area contributed by atoms with Crippen molar-refractivity contribution in [2.24, 2.45) is 0 Å². The van der Waals surface area contributed by atoms with Gasteiger partial charge in [0, 0.05) is 17.4 Å². The average Bonchev–Trinajstić information content (AvgIpc) is 3.19. The molecular weight excluding hydrogens is 278 g/mol. The van der Waals surface area contributed by atoms with E-state index in [0.29, 0.717) is 6.42 Å². The molecule has 1 aromatic carbocycles. The summed E-state index contributed by atoms with van der Waals surface area (Å²) in [7, 11) is 0. The molecule has 0 saturated carbocycles. The highest BCUT2D eigenvalue weighted by atomic mass is 16.3. The van der Waals surface area contributed by atoms with Gasteiger partial charge in [-0.05, 0) is 24.3 Å². The van der Waals surface area contributed by atoms with Crippen molar-refractivity contribution in [3.63, 3.8) is 0 Å². The maximum atomic E-state index is 12.3. The molecule has 0 unspecified atom stereocenters. The molecule has 2 aromatic heterocycles. The lowest BCUT2D eigenvalue weighted by Gasteiger charge is -1.97. The smallest absolute Gasteiger partial charge is 0.238 e. The Bertz CT molecular complexity index is 892. The predicted molar refractivity (Wildman–Crippen MR) is 82.2 cm³/mol. The van der Waals surface area contributed by atoms with E-state index in [2.05, 4.69) is 0 Å². The maximum Gasteiger partial charge on any atom is 0.238 e. The number of furan rings is 2. The number of para-hydroxylation sites is 1. The second-order valence-electron chi connectivity index (χ2n) is 4.76. The number of nitriles is 1. The largest absolute Gasteiger partial charge is 0.461 e. The van der Waals surface area contributed by atoms with E-state index >= 15 is 0 Å². The third-order valence-electron chi connectivity index (χ3n) is 3.43. The first-order chi connectivity index (χ1) is 10.7. The summed E-state index contributed by atoms with van der Waals surface area (Å²) in [5.41, 5.74) is 1.54. The first-order valence-corrected chi connectivity index (χ1v) is 6.95. The number of allylic oxidation sites excluding steroid dienone is 1. The fourth-order valence-corrected chi connectivity index (χ4v) is 2.37. The van der Waals surface area contributed by atoms with Crippen molar-refractivity contribution in [2.75, 3.05) is 0 Å². The van der Waals surface area contributed by atoms with Crippen LogP contribution in [0.1, 0.15) is 28.8 Å². The zero-order valence-corrected chi connectivity index (χ0v) is 12.0. The van der Waals surface area contributed by atoms with Crippen LogP contribution in [0.4, 0.5) is 0 Å². The molecule has 0 fully saturated rings. The molecule has 0 radical (unpaired) electrons. The molecule has 0 atom stereocenters. The van der Waals surface area contributed by atoms with Crippen LogP contribution in [0, 0.1) is 11.3 Å². The van der Waals surface area contributed by atoms with Gasteiger partial charge >= 0.3 is 0 Å². The minimum atomic E-state index is -0.431. The van der Waals surface area contributed by atoms with E-state index in [1.807, 2.05) is 37.3 Å². The molecule has 0 N–H and O–H groups in total. The molecule has 22 heavy (non-hydrogen) atoms. The first kappa shape index (κ1) is 13.9. The molecular formula is C18H13NO3. The van der Waals surface area contributed by atoms with Crippen LogP contribution in [0.5, 0.6) is 0 Å². The molecule has 0 aliphatic carbocycles. The van der Waals surface area contributed by atoms with Crippen molar-refractivity contribution >= 4 is 22.8 Å². The third-order valence-corrected chi connectivity index (χ3v) is 3.43. The van der Waals surface area contributed by atoms with Gasteiger partial charge in [0.25, 0.3) is 0 Å². The van der Waals surface area contributed by atoms with Crippen molar-refractivity contribution in [2.45, 2.75) is 13.3 Å². The van der Waals surface area contributed by atoms with E-state index in [1.165, 1.54) is 6.26 Å². The second kappa shape index (κ2) is 5.74. The summed E-state index contributed by atoms with van der Waals surface area (Å²) < 4.78 is 10.9. The topological polar surface area (TPSA) is 67.1 Å². The molecule has 108 valence electrons. The minimum absolute atomic E-state index is 0.0243. The lowest BCUT2D eigenvalue weighted by Crippen LogP contribution is -2.00. The molecule has 0 aliphatic heterocycles. The predicted octanol–water partition coefficient (Wildman–Crippen LogP) is 4.38. The highest BCUT2D eigenvalue weighted by Gasteiger charge is 2.18. The van der Waals surface area contributed by atoms with Crippen LogP contribution in [0.2, 0.25) is 0 Å². The van der Waals surface area contributed by atoms with Crippen LogP contribution < -0.4 is 0 Å². The van der Waals surface area contributed by atoms with Crippen LogP contribution >= 0.6 is 0 Å². The summed E-state index contributed by atoms with van der Waals surface area (Å²) >= 11 is 0. The Hall–Kier alpha value is -3.06. The molecule has 0 saturated heterocycles. The number of benzene rings is 1. The van der Waals surface area contributed by atoms with Crippen LogP contribution in [0.25, 0.3) is 17.0 Å². The van der Waals surface area contributed by atoms with Crippen molar-refractivity contribution in [3.8, 4) is 6.07 Å². The van der Waals surface area contributed by atoms with Gasteiger partial charge in [0.2, 0.25) is 5.78 Å². The van der Waals surface area contributed by atoms with E-state index in [-0.39, 0.29) is 11.3 Å². The maximum absolute atomic E-state index is 12.3. The molecule has 3 rings (SSSR count). The van der Waals surface area contributed by atoms with E-state index in [1.54, 1.807) is 18.2 Å². The fraction of sp³-hybridized carbons (Fsp3) is 0.111. The summed E-state index contributed by atoms with van der Waals surface area (Å²) in [4.78, 5) is 12.3. The summed E-state index contributed by atoms with van der Waals surface area (Å²) in [6.45, 7) is 1.97. The number of rotatable bonds is 4. The van der Waals surface area contributed by atoms with Gasteiger partial charge in [-0.25, -0.2) is 0 Å². The number of nitrogens with zero attached hydrogens (tertiary/aromatic N) is 1. The van der Waals surface area contributed by atoms with Crippen molar-refractivity contribution in [1.29, 1.82) is 5.26 Å². The molecule has 4 heteroatoms. The molecule has 0 spiro atoms. The van der Waals surface area contributed by atoms with Gasteiger partial charge in [-0.3, -0.25) is 4.79 Å². The van der Waals surface area contributed by atoms with Gasteiger partial charge in [0.05, 0.1) is 6.26 Å². The zero-order valence-electron chi connectivity index (χ0n) is 12.0. The number of Topliss-reactive ketones (excluding diaryl/α,β-unsaturated/α-hetero) is 1. The number of carbonyl (C=O) groups excluding carboxylic acids is 1. The van der Waals surface area contributed by atoms with Crippen molar-refractivity contribution in [3.05, 3.63) is 65.3 Å². The third kappa shape index (κ3) is 2.33. The minimum Gasteiger partial charge on any atom is -0.461 e. The van der Waals surface area contributed by atoms with Gasteiger partial charge in [-0.2, -0.15) is 5.26 Å². The van der Waals surface area contributed by atoms with Gasteiger partial charge in [0.1, 0.15) is 23.0 Å².